The van der Waals surface area contributed by atoms with Crippen molar-refractivity contribution in [2.45, 2.75) is 26.2 Å². The number of rotatable bonds is 1. The molecule has 90 valence electrons. The summed E-state index contributed by atoms with van der Waals surface area (Å²) in [5.41, 5.74) is 2.33. The zero-order valence-corrected chi connectivity index (χ0v) is 12.5. The fourth-order valence-electron chi connectivity index (χ4n) is 1.77. The SMILES string of the molecule is CC(C)(C)c1c[nH]c(=S)n1-c1ccc(Br)cc1. The first-order valence-corrected chi connectivity index (χ1v) is 6.66. The van der Waals surface area contributed by atoms with Crippen LogP contribution in [0.3, 0.4) is 0 Å². The van der Waals surface area contributed by atoms with Crippen LogP contribution in [0.5, 0.6) is 0 Å². The lowest BCUT2D eigenvalue weighted by molar-refractivity contribution is 0.556. The van der Waals surface area contributed by atoms with Crippen molar-refractivity contribution in [3.8, 4) is 5.69 Å². The number of aromatic amines is 1. The second-order valence-electron chi connectivity index (χ2n) is 5.04. The van der Waals surface area contributed by atoms with Crippen molar-refractivity contribution in [1.29, 1.82) is 0 Å². The molecule has 0 aliphatic heterocycles. The molecule has 17 heavy (non-hydrogen) atoms. The summed E-state index contributed by atoms with van der Waals surface area (Å²) >= 11 is 8.79. The number of hydrogen-bond donors (Lipinski definition) is 1. The van der Waals surface area contributed by atoms with Crippen molar-refractivity contribution in [2.24, 2.45) is 0 Å². The van der Waals surface area contributed by atoms with Crippen LogP contribution < -0.4 is 0 Å². The molecule has 0 atom stereocenters. The number of imidazole rings is 1. The van der Waals surface area contributed by atoms with E-state index in [0.29, 0.717) is 0 Å². The highest BCUT2D eigenvalue weighted by Crippen LogP contribution is 2.26. The molecule has 1 aromatic carbocycles. The Morgan fingerprint density at radius 3 is 2.29 bits per heavy atom. The number of benzene rings is 1. The van der Waals surface area contributed by atoms with Gasteiger partial charge in [0.15, 0.2) is 4.77 Å². The highest BCUT2D eigenvalue weighted by molar-refractivity contribution is 9.10. The molecule has 0 unspecified atom stereocenters. The van der Waals surface area contributed by atoms with Crippen molar-refractivity contribution in [1.82, 2.24) is 9.55 Å². The minimum atomic E-state index is 0.0562. The van der Waals surface area contributed by atoms with E-state index in [1.54, 1.807) is 0 Å². The van der Waals surface area contributed by atoms with Gasteiger partial charge in [0.1, 0.15) is 0 Å². The number of nitrogens with zero attached hydrogens (tertiary/aromatic N) is 1. The van der Waals surface area contributed by atoms with Gasteiger partial charge in [-0.05, 0) is 36.5 Å². The van der Waals surface area contributed by atoms with E-state index < -0.39 is 0 Å². The molecule has 0 spiro atoms. The molecule has 0 bridgehead atoms. The molecule has 1 N–H and O–H groups in total. The van der Waals surface area contributed by atoms with E-state index in [4.69, 9.17) is 12.2 Å². The predicted molar refractivity (Wildman–Crippen MR) is 77.4 cm³/mol. The number of hydrogen-bond acceptors (Lipinski definition) is 1. The van der Waals surface area contributed by atoms with E-state index >= 15 is 0 Å². The first-order valence-electron chi connectivity index (χ1n) is 5.46. The van der Waals surface area contributed by atoms with Gasteiger partial charge in [0, 0.05) is 27.5 Å². The van der Waals surface area contributed by atoms with Crippen molar-refractivity contribution in [3.05, 3.63) is 45.4 Å². The summed E-state index contributed by atoms with van der Waals surface area (Å²) in [7, 11) is 0. The predicted octanol–water partition coefficient (Wildman–Crippen LogP) is 4.59. The van der Waals surface area contributed by atoms with Crippen LogP contribution >= 0.6 is 28.1 Å². The second-order valence-corrected chi connectivity index (χ2v) is 6.34. The van der Waals surface area contributed by atoms with E-state index in [0.717, 1.165) is 14.9 Å². The highest BCUT2D eigenvalue weighted by atomic mass is 79.9. The van der Waals surface area contributed by atoms with Gasteiger partial charge in [-0.3, -0.25) is 4.57 Å². The molecule has 2 aromatic rings. The number of nitrogens with one attached hydrogen (secondary N) is 1. The van der Waals surface area contributed by atoms with Crippen LogP contribution in [0.15, 0.2) is 34.9 Å². The van der Waals surface area contributed by atoms with Crippen molar-refractivity contribution in [2.75, 3.05) is 0 Å². The summed E-state index contributed by atoms with van der Waals surface area (Å²) < 4.78 is 3.89. The van der Waals surface area contributed by atoms with E-state index in [1.165, 1.54) is 5.69 Å². The van der Waals surface area contributed by atoms with Crippen LogP contribution in [0, 0.1) is 4.77 Å². The Morgan fingerprint density at radius 2 is 1.76 bits per heavy atom. The second kappa shape index (κ2) is 4.42. The lowest BCUT2D eigenvalue weighted by atomic mass is 9.92. The highest BCUT2D eigenvalue weighted by Gasteiger charge is 2.19. The quantitative estimate of drug-likeness (QED) is 0.764. The van der Waals surface area contributed by atoms with Gasteiger partial charge in [0.05, 0.1) is 0 Å². The zero-order valence-electron chi connectivity index (χ0n) is 10.1. The van der Waals surface area contributed by atoms with E-state index in [2.05, 4.69) is 58.4 Å². The van der Waals surface area contributed by atoms with Gasteiger partial charge in [0.2, 0.25) is 0 Å². The Balaban J connectivity index is 2.63. The molecule has 0 fully saturated rings. The smallest absolute Gasteiger partial charge is 0.182 e. The average molecular weight is 311 g/mol. The fourth-order valence-corrected chi connectivity index (χ4v) is 2.29. The Bertz CT molecular complexity index is 573. The number of H-pyrrole nitrogens is 1. The first kappa shape index (κ1) is 12.6. The summed E-state index contributed by atoms with van der Waals surface area (Å²) in [6.45, 7) is 6.54. The monoisotopic (exact) mass is 310 g/mol. The normalized spacial score (nSPS) is 11.8. The molecular formula is C13H15BrN2S. The topological polar surface area (TPSA) is 20.7 Å². The van der Waals surface area contributed by atoms with Crippen LogP contribution in [-0.4, -0.2) is 9.55 Å². The molecule has 0 aliphatic carbocycles. The lowest BCUT2D eigenvalue weighted by Crippen LogP contribution is -2.16. The molecule has 0 saturated carbocycles. The standard InChI is InChI=1S/C13H15BrN2S/c1-13(2,3)11-8-15-12(17)16(11)10-6-4-9(14)5-7-10/h4-8H,1-3H3,(H,15,17). The first-order chi connectivity index (χ1) is 7.89. The van der Waals surface area contributed by atoms with Gasteiger partial charge in [0.25, 0.3) is 0 Å². The van der Waals surface area contributed by atoms with Crippen LogP contribution in [0.2, 0.25) is 0 Å². The van der Waals surface area contributed by atoms with E-state index in [9.17, 15) is 0 Å². The lowest BCUT2D eigenvalue weighted by Gasteiger charge is -2.20. The molecule has 0 aliphatic rings. The van der Waals surface area contributed by atoms with E-state index in [-0.39, 0.29) is 5.41 Å². The van der Waals surface area contributed by atoms with Gasteiger partial charge >= 0.3 is 0 Å². The third-order valence-electron chi connectivity index (χ3n) is 2.63. The summed E-state index contributed by atoms with van der Waals surface area (Å²) in [5, 5.41) is 0. The van der Waals surface area contributed by atoms with Crippen LogP contribution in [0.1, 0.15) is 26.5 Å². The summed E-state index contributed by atoms with van der Waals surface area (Å²) in [4.78, 5) is 3.12. The Hall–Kier alpha value is -0.870. The van der Waals surface area contributed by atoms with Crippen LogP contribution in [-0.2, 0) is 5.41 Å². The van der Waals surface area contributed by atoms with Gasteiger partial charge in [-0.2, -0.15) is 0 Å². The maximum Gasteiger partial charge on any atom is 0.182 e. The van der Waals surface area contributed by atoms with Crippen molar-refractivity contribution < 1.29 is 0 Å². The van der Waals surface area contributed by atoms with Crippen LogP contribution in [0.25, 0.3) is 5.69 Å². The Morgan fingerprint density at radius 1 is 1.18 bits per heavy atom. The van der Waals surface area contributed by atoms with Gasteiger partial charge in [-0.25, -0.2) is 0 Å². The van der Waals surface area contributed by atoms with Crippen molar-refractivity contribution in [3.63, 3.8) is 0 Å². The molecule has 2 rings (SSSR count). The minimum absolute atomic E-state index is 0.0562. The molecule has 1 heterocycles. The Kier molecular flexibility index (Phi) is 3.27. The summed E-state index contributed by atoms with van der Waals surface area (Å²) in [5.74, 6) is 0. The number of halogens is 1. The molecule has 0 saturated heterocycles. The molecule has 0 amide bonds. The summed E-state index contributed by atoms with van der Waals surface area (Å²) in [6.07, 6.45) is 1.99. The maximum atomic E-state index is 5.35. The molecule has 2 nitrogen and oxygen atoms in total. The maximum absolute atomic E-state index is 5.35. The minimum Gasteiger partial charge on any atom is -0.337 e. The Labute approximate surface area is 115 Å². The van der Waals surface area contributed by atoms with E-state index in [1.807, 2.05) is 18.3 Å². The number of aromatic nitrogens is 2. The van der Waals surface area contributed by atoms with Gasteiger partial charge < -0.3 is 4.98 Å². The third-order valence-corrected chi connectivity index (χ3v) is 3.46. The molecular weight excluding hydrogens is 296 g/mol. The molecule has 4 heteroatoms. The fraction of sp³-hybridized carbons (Fsp3) is 0.308. The summed E-state index contributed by atoms with van der Waals surface area (Å²) in [6, 6.07) is 8.17. The molecule has 0 radical (unpaired) electrons. The van der Waals surface area contributed by atoms with Gasteiger partial charge in [-0.15, -0.1) is 0 Å². The third kappa shape index (κ3) is 2.53. The molecule has 1 aromatic heterocycles. The zero-order chi connectivity index (χ0) is 12.6. The average Bonchev–Trinajstić information content (AvgIpc) is 2.61. The largest absolute Gasteiger partial charge is 0.337 e. The van der Waals surface area contributed by atoms with Gasteiger partial charge in [-0.1, -0.05) is 36.7 Å². The van der Waals surface area contributed by atoms with Crippen molar-refractivity contribution >= 4 is 28.1 Å². The van der Waals surface area contributed by atoms with Crippen LogP contribution in [0.4, 0.5) is 0 Å².